The fraction of sp³-hybridized carbons (Fsp3) is 0.611. The lowest BCUT2D eigenvalue weighted by atomic mass is 9.85. The molecule has 1 aromatic rings. The number of carbonyl (C=O) groups is 1. The molecule has 1 aliphatic rings. The number of benzene rings is 1. The van der Waals surface area contributed by atoms with Crippen LogP contribution in [0.4, 0.5) is 0 Å². The molecular weight excluding hydrogens is 296 g/mol. The van der Waals surface area contributed by atoms with Crippen LogP contribution >= 0.6 is 12.4 Å². The number of carbonyl (C=O) groups excluding carboxylic acids is 1. The molecule has 0 spiro atoms. The molecule has 1 amide bonds. The van der Waals surface area contributed by atoms with Crippen LogP contribution in [0.2, 0.25) is 0 Å². The zero-order valence-corrected chi connectivity index (χ0v) is 14.6. The third-order valence-corrected chi connectivity index (χ3v) is 4.32. The van der Waals surface area contributed by atoms with Crippen molar-refractivity contribution in [3.05, 3.63) is 35.9 Å². The predicted molar refractivity (Wildman–Crippen MR) is 94.5 cm³/mol. The van der Waals surface area contributed by atoms with E-state index in [1.807, 2.05) is 11.0 Å². The Morgan fingerprint density at radius 2 is 1.91 bits per heavy atom. The summed E-state index contributed by atoms with van der Waals surface area (Å²) >= 11 is 0. The summed E-state index contributed by atoms with van der Waals surface area (Å²) in [5.74, 6) is 0.319. The molecule has 22 heavy (non-hydrogen) atoms. The SMILES string of the molecule is CC(C)(CCCc1ccccc1)C(=O)N1CCCNCC1.Cl. The van der Waals surface area contributed by atoms with Crippen LogP contribution in [0, 0.1) is 5.41 Å². The summed E-state index contributed by atoms with van der Waals surface area (Å²) in [6.45, 7) is 7.89. The Kier molecular flexibility index (Phi) is 7.91. The van der Waals surface area contributed by atoms with Gasteiger partial charge in [0.05, 0.1) is 0 Å². The van der Waals surface area contributed by atoms with Crippen LogP contribution < -0.4 is 5.32 Å². The molecule has 1 fully saturated rings. The number of aryl methyl sites for hydroxylation is 1. The molecular formula is C18H29ClN2O. The molecule has 0 atom stereocenters. The summed E-state index contributed by atoms with van der Waals surface area (Å²) < 4.78 is 0. The van der Waals surface area contributed by atoms with Gasteiger partial charge in [0.2, 0.25) is 5.91 Å². The molecule has 1 N–H and O–H groups in total. The van der Waals surface area contributed by atoms with E-state index in [2.05, 4.69) is 43.4 Å². The Hall–Kier alpha value is -1.06. The van der Waals surface area contributed by atoms with E-state index in [9.17, 15) is 4.79 Å². The lowest BCUT2D eigenvalue weighted by molar-refractivity contribution is -0.140. The Morgan fingerprint density at radius 1 is 1.18 bits per heavy atom. The van der Waals surface area contributed by atoms with Gasteiger partial charge in [-0.15, -0.1) is 12.4 Å². The topological polar surface area (TPSA) is 32.3 Å². The highest BCUT2D eigenvalue weighted by molar-refractivity contribution is 5.85. The van der Waals surface area contributed by atoms with E-state index in [0.717, 1.165) is 51.9 Å². The van der Waals surface area contributed by atoms with Crippen LogP contribution in [-0.4, -0.2) is 37.0 Å². The van der Waals surface area contributed by atoms with Gasteiger partial charge in [-0.3, -0.25) is 4.79 Å². The van der Waals surface area contributed by atoms with Gasteiger partial charge in [0.15, 0.2) is 0 Å². The van der Waals surface area contributed by atoms with E-state index in [4.69, 9.17) is 0 Å². The Balaban J connectivity index is 0.00000242. The van der Waals surface area contributed by atoms with E-state index in [-0.39, 0.29) is 17.8 Å². The van der Waals surface area contributed by atoms with Crippen LogP contribution in [0.5, 0.6) is 0 Å². The predicted octanol–water partition coefficient (Wildman–Crippen LogP) is 3.28. The minimum Gasteiger partial charge on any atom is -0.341 e. The van der Waals surface area contributed by atoms with Crippen LogP contribution in [0.1, 0.15) is 38.7 Å². The van der Waals surface area contributed by atoms with Crippen molar-refractivity contribution in [2.45, 2.75) is 39.5 Å². The van der Waals surface area contributed by atoms with Gasteiger partial charge in [-0.25, -0.2) is 0 Å². The second-order valence-corrected chi connectivity index (χ2v) is 6.62. The van der Waals surface area contributed by atoms with Gasteiger partial charge in [-0.05, 0) is 37.8 Å². The van der Waals surface area contributed by atoms with Crippen molar-refractivity contribution in [2.75, 3.05) is 26.2 Å². The summed E-state index contributed by atoms with van der Waals surface area (Å²) in [4.78, 5) is 14.8. The third-order valence-electron chi connectivity index (χ3n) is 4.32. The van der Waals surface area contributed by atoms with Crippen molar-refractivity contribution < 1.29 is 4.79 Å². The molecule has 1 saturated heterocycles. The Bertz CT molecular complexity index is 440. The van der Waals surface area contributed by atoms with Gasteiger partial charge in [0.1, 0.15) is 0 Å². The highest BCUT2D eigenvalue weighted by Gasteiger charge is 2.31. The van der Waals surface area contributed by atoms with Crippen molar-refractivity contribution in [3.8, 4) is 0 Å². The normalized spacial score (nSPS) is 15.8. The van der Waals surface area contributed by atoms with Crippen molar-refractivity contribution in [1.82, 2.24) is 10.2 Å². The van der Waals surface area contributed by atoms with Crippen molar-refractivity contribution in [1.29, 1.82) is 0 Å². The fourth-order valence-electron chi connectivity index (χ4n) is 2.96. The van der Waals surface area contributed by atoms with Gasteiger partial charge in [0.25, 0.3) is 0 Å². The second kappa shape index (κ2) is 9.16. The molecule has 1 aliphatic heterocycles. The summed E-state index contributed by atoms with van der Waals surface area (Å²) in [5, 5.41) is 3.35. The smallest absolute Gasteiger partial charge is 0.228 e. The molecule has 3 nitrogen and oxygen atoms in total. The van der Waals surface area contributed by atoms with E-state index in [1.165, 1.54) is 5.56 Å². The number of halogens is 1. The zero-order chi connectivity index (χ0) is 15.1. The highest BCUT2D eigenvalue weighted by atomic mass is 35.5. The molecule has 0 aliphatic carbocycles. The summed E-state index contributed by atoms with van der Waals surface area (Å²) in [5.41, 5.74) is 1.11. The Morgan fingerprint density at radius 3 is 2.64 bits per heavy atom. The molecule has 0 saturated carbocycles. The fourth-order valence-corrected chi connectivity index (χ4v) is 2.96. The maximum absolute atomic E-state index is 12.7. The number of hydrogen-bond donors (Lipinski definition) is 1. The first-order valence-electron chi connectivity index (χ1n) is 8.14. The lowest BCUT2D eigenvalue weighted by Gasteiger charge is -2.31. The molecule has 124 valence electrons. The number of rotatable bonds is 5. The van der Waals surface area contributed by atoms with Crippen LogP contribution in [0.15, 0.2) is 30.3 Å². The third kappa shape index (κ3) is 5.62. The quantitative estimate of drug-likeness (QED) is 0.901. The van der Waals surface area contributed by atoms with E-state index in [1.54, 1.807) is 0 Å². The summed E-state index contributed by atoms with van der Waals surface area (Å²) in [7, 11) is 0. The van der Waals surface area contributed by atoms with Gasteiger partial charge in [-0.1, -0.05) is 44.2 Å². The average Bonchev–Trinajstić information content (AvgIpc) is 2.76. The molecule has 0 unspecified atom stereocenters. The minimum atomic E-state index is -0.251. The summed E-state index contributed by atoms with van der Waals surface area (Å²) in [6.07, 6.45) is 4.13. The van der Waals surface area contributed by atoms with E-state index < -0.39 is 0 Å². The van der Waals surface area contributed by atoms with Gasteiger partial charge >= 0.3 is 0 Å². The maximum atomic E-state index is 12.7. The molecule has 0 bridgehead atoms. The molecule has 1 aromatic carbocycles. The van der Waals surface area contributed by atoms with Crippen molar-refractivity contribution in [2.24, 2.45) is 5.41 Å². The number of nitrogens with zero attached hydrogens (tertiary/aromatic N) is 1. The van der Waals surface area contributed by atoms with Gasteiger partial charge in [-0.2, -0.15) is 0 Å². The average molecular weight is 325 g/mol. The van der Waals surface area contributed by atoms with Crippen molar-refractivity contribution >= 4 is 18.3 Å². The highest BCUT2D eigenvalue weighted by Crippen LogP contribution is 2.26. The molecule has 4 heteroatoms. The minimum absolute atomic E-state index is 0. The maximum Gasteiger partial charge on any atom is 0.228 e. The molecule has 0 aromatic heterocycles. The molecule has 1 heterocycles. The number of hydrogen-bond acceptors (Lipinski definition) is 2. The first-order chi connectivity index (χ1) is 10.1. The molecule has 2 rings (SSSR count). The van der Waals surface area contributed by atoms with Crippen LogP contribution in [0.3, 0.4) is 0 Å². The van der Waals surface area contributed by atoms with Gasteiger partial charge in [0, 0.05) is 25.0 Å². The monoisotopic (exact) mass is 324 g/mol. The lowest BCUT2D eigenvalue weighted by Crippen LogP contribution is -2.42. The van der Waals surface area contributed by atoms with E-state index in [0.29, 0.717) is 5.91 Å². The van der Waals surface area contributed by atoms with Crippen LogP contribution in [0.25, 0.3) is 0 Å². The first-order valence-corrected chi connectivity index (χ1v) is 8.14. The largest absolute Gasteiger partial charge is 0.341 e. The zero-order valence-electron chi connectivity index (χ0n) is 13.8. The molecule has 0 radical (unpaired) electrons. The van der Waals surface area contributed by atoms with E-state index >= 15 is 0 Å². The van der Waals surface area contributed by atoms with Crippen LogP contribution in [-0.2, 0) is 11.2 Å². The number of amides is 1. The van der Waals surface area contributed by atoms with Crippen molar-refractivity contribution in [3.63, 3.8) is 0 Å². The second-order valence-electron chi connectivity index (χ2n) is 6.62. The Labute approximate surface area is 140 Å². The standard InChI is InChI=1S/C18H28N2O.ClH/c1-18(2,11-6-10-16-8-4-3-5-9-16)17(21)20-14-7-12-19-13-15-20;/h3-5,8-9,19H,6-7,10-15H2,1-2H3;1H. The van der Waals surface area contributed by atoms with Gasteiger partial charge < -0.3 is 10.2 Å². The summed E-state index contributed by atoms with van der Waals surface area (Å²) in [6, 6.07) is 10.5. The first kappa shape index (κ1) is 19.0. The number of nitrogens with one attached hydrogen (secondary N) is 1.